The van der Waals surface area contributed by atoms with Crippen molar-refractivity contribution < 1.29 is 14.4 Å². The van der Waals surface area contributed by atoms with Crippen LogP contribution in [-0.2, 0) is 0 Å². The Balaban J connectivity index is 3.08. The van der Waals surface area contributed by atoms with Gasteiger partial charge >= 0.3 is 7.12 Å². The van der Waals surface area contributed by atoms with Crippen LogP contribution in [0.4, 0.5) is 4.39 Å². The molecule has 0 heterocycles. The third-order valence-corrected chi connectivity index (χ3v) is 1.81. The van der Waals surface area contributed by atoms with Gasteiger partial charge in [0.1, 0.15) is 5.82 Å². The van der Waals surface area contributed by atoms with Crippen LogP contribution in [0.1, 0.15) is 0 Å². The van der Waals surface area contributed by atoms with E-state index < -0.39 is 12.9 Å². The molecule has 2 N–H and O–H groups in total. The van der Waals surface area contributed by atoms with Gasteiger partial charge in [-0.3, -0.25) is 0 Å². The number of benzene rings is 1. The molecule has 1 aromatic rings. The zero-order valence-corrected chi connectivity index (χ0v) is 7.62. The topological polar surface area (TPSA) is 40.5 Å². The summed E-state index contributed by atoms with van der Waals surface area (Å²) in [4.78, 5) is 0. The fraction of sp³-hybridized carbons (Fsp3) is 0. The lowest BCUT2D eigenvalue weighted by atomic mass is 9.80. The van der Waals surface area contributed by atoms with Gasteiger partial charge in [0.15, 0.2) is 0 Å². The molecule has 0 radical (unpaired) electrons. The minimum absolute atomic E-state index is 0.175. The average Bonchev–Trinajstić information content (AvgIpc) is 1.85. The molecule has 0 aliphatic heterocycles. The Morgan fingerprint density at radius 3 is 2.36 bits per heavy atom. The SMILES string of the molecule is OB(O)c1cc(F)cc(I)c1. The highest BCUT2D eigenvalue weighted by Crippen LogP contribution is 2.04. The van der Waals surface area contributed by atoms with Crippen molar-refractivity contribution in [2.45, 2.75) is 0 Å². The summed E-state index contributed by atoms with van der Waals surface area (Å²) in [5.41, 5.74) is 0.175. The third-order valence-electron chi connectivity index (χ3n) is 1.18. The average molecular weight is 266 g/mol. The van der Waals surface area contributed by atoms with Crippen LogP contribution < -0.4 is 5.46 Å². The smallest absolute Gasteiger partial charge is 0.423 e. The highest BCUT2D eigenvalue weighted by Gasteiger charge is 2.11. The Labute approximate surface area is 77.3 Å². The van der Waals surface area contributed by atoms with Crippen molar-refractivity contribution in [3.63, 3.8) is 0 Å². The maximum Gasteiger partial charge on any atom is 0.488 e. The van der Waals surface area contributed by atoms with Gasteiger partial charge in [0.25, 0.3) is 0 Å². The van der Waals surface area contributed by atoms with E-state index in [0.717, 1.165) is 6.07 Å². The molecule has 5 heteroatoms. The predicted molar refractivity (Wildman–Crippen MR) is 48.9 cm³/mol. The number of rotatable bonds is 1. The van der Waals surface area contributed by atoms with Crippen LogP contribution >= 0.6 is 22.6 Å². The summed E-state index contributed by atoms with van der Waals surface area (Å²) >= 11 is 1.90. The second-order valence-corrected chi connectivity index (χ2v) is 3.32. The second-order valence-electron chi connectivity index (χ2n) is 2.08. The molecule has 0 saturated carbocycles. The monoisotopic (exact) mass is 266 g/mol. The lowest BCUT2D eigenvalue weighted by Gasteiger charge is -1.99. The maximum absolute atomic E-state index is 12.6. The fourth-order valence-corrected chi connectivity index (χ4v) is 1.38. The summed E-state index contributed by atoms with van der Waals surface area (Å²) in [5, 5.41) is 17.3. The lowest BCUT2D eigenvalue weighted by Crippen LogP contribution is -2.30. The Hall–Kier alpha value is -0.135. The van der Waals surface area contributed by atoms with E-state index in [2.05, 4.69) is 0 Å². The van der Waals surface area contributed by atoms with Crippen LogP contribution in [0.2, 0.25) is 0 Å². The molecule has 1 rings (SSSR count). The Morgan fingerprint density at radius 1 is 1.27 bits per heavy atom. The van der Waals surface area contributed by atoms with E-state index in [1.165, 1.54) is 12.1 Å². The zero-order valence-electron chi connectivity index (χ0n) is 5.46. The Bertz CT molecular complexity index is 247. The van der Waals surface area contributed by atoms with Crippen molar-refractivity contribution in [1.82, 2.24) is 0 Å². The summed E-state index contributed by atoms with van der Waals surface area (Å²) in [6, 6.07) is 3.91. The quantitative estimate of drug-likeness (QED) is 0.559. The summed E-state index contributed by atoms with van der Waals surface area (Å²) in [5.74, 6) is -0.458. The number of hydrogen-bond donors (Lipinski definition) is 2. The summed E-state index contributed by atoms with van der Waals surface area (Å²) < 4.78 is 13.2. The van der Waals surface area contributed by atoms with Gasteiger partial charge in [-0.15, -0.1) is 0 Å². The van der Waals surface area contributed by atoms with Crippen LogP contribution in [-0.4, -0.2) is 17.2 Å². The fourth-order valence-electron chi connectivity index (χ4n) is 0.724. The molecule has 0 unspecified atom stereocenters. The Kier molecular flexibility index (Phi) is 2.86. The molecule has 1 aromatic carbocycles. The molecular formula is C6H5BFIO2. The van der Waals surface area contributed by atoms with Gasteiger partial charge in [-0.1, -0.05) is 0 Å². The van der Waals surface area contributed by atoms with Crippen LogP contribution in [0.15, 0.2) is 18.2 Å². The van der Waals surface area contributed by atoms with Crippen molar-refractivity contribution in [1.29, 1.82) is 0 Å². The molecular weight excluding hydrogens is 261 g/mol. The highest BCUT2D eigenvalue weighted by molar-refractivity contribution is 14.1. The standard InChI is InChI=1S/C6H5BFIO2/c8-5-1-4(7(10)11)2-6(9)3-5/h1-3,10-11H. The highest BCUT2D eigenvalue weighted by atomic mass is 127. The van der Waals surface area contributed by atoms with Crippen LogP contribution in [0.25, 0.3) is 0 Å². The molecule has 0 amide bonds. The van der Waals surface area contributed by atoms with E-state index in [0.29, 0.717) is 3.57 Å². The largest absolute Gasteiger partial charge is 0.488 e. The van der Waals surface area contributed by atoms with Gasteiger partial charge in [-0.25, -0.2) is 4.39 Å². The van der Waals surface area contributed by atoms with Crippen molar-refractivity contribution >= 4 is 35.2 Å². The maximum atomic E-state index is 12.6. The first kappa shape index (κ1) is 8.96. The molecule has 0 saturated heterocycles. The Morgan fingerprint density at radius 2 is 1.91 bits per heavy atom. The predicted octanol–water partition coefficient (Wildman–Crippen LogP) is 0.110. The minimum atomic E-state index is -1.60. The van der Waals surface area contributed by atoms with Crippen LogP contribution in [0, 0.1) is 9.39 Å². The molecule has 0 bridgehead atoms. The second kappa shape index (κ2) is 3.51. The first-order valence-electron chi connectivity index (χ1n) is 2.92. The molecule has 0 aromatic heterocycles. The van der Waals surface area contributed by atoms with E-state index in [4.69, 9.17) is 10.0 Å². The van der Waals surface area contributed by atoms with Crippen LogP contribution in [0.5, 0.6) is 0 Å². The van der Waals surface area contributed by atoms with E-state index in [1.54, 1.807) is 0 Å². The molecule has 11 heavy (non-hydrogen) atoms. The van der Waals surface area contributed by atoms with Crippen LogP contribution in [0.3, 0.4) is 0 Å². The summed E-state index contributed by atoms with van der Waals surface area (Å²) in [6.07, 6.45) is 0. The molecule has 0 fully saturated rings. The van der Waals surface area contributed by atoms with Gasteiger partial charge in [-0.05, 0) is 46.3 Å². The first-order chi connectivity index (χ1) is 5.09. The number of halogens is 2. The van der Waals surface area contributed by atoms with Gasteiger partial charge in [0.2, 0.25) is 0 Å². The number of hydrogen-bond acceptors (Lipinski definition) is 2. The van der Waals surface area contributed by atoms with Crippen molar-refractivity contribution in [2.24, 2.45) is 0 Å². The zero-order chi connectivity index (χ0) is 8.43. The molecule has 58 valence electrons. The van der Waals surface area contributed by atoms with E-state index in [1.807, 2.05) is 22.6 Å². The van der Waals surface area contributed by atoms with Crippen molar-refractivity contribution in [3.8, 4) is 0 Å². The summed E-state index contributed by atoms with van der Waals surface area (Å²) in [7, 11) is -1.60. The normalized spacial score (nSPS) is 9.82. The minimum Gasteiger partial charge on any atom is -0.423 e. The first-order valence-corrected chi connectivity index (χ1v) is 3.99. The summed E-state index contributed by atoms with van der Waals surface area (Å²) in [6.45, 7) is 0. The lowest BCUT2D eigenvalue weighted by molar-refractivity contribution is 0.425. The molecule has 0 aliphatic rings. The van der Waals surface area contributed by atoms with Gasteiger partial charge in [-0.2, -0.15) is 0 Å². The third kappa shape index (κ3) is 2.42. The van der Waals surface area contributed by atoms with Gasteiger partial charge < -0.3 is 10.0 Å². The molecule has 2 nitrogen and oxygen atoms in total. The molecule has 0 spiro atoms. The van der Waals surface area contributed by atoms with E-state index in [9.17, 15) is 4.39 Å². The van der Waals surface area contributed by atoms with Crippen molar-refractivity contribution in [2.75, 3.05) is 0 Å². The van der Waals surface area contributed by atoms with E-state index >= 15 is 0 Å². The van der Waals surface area contributed by atoms with E-state index in [-0.39, 0.29) is 5.46 Å². The van der Waals surface area contributed by atoms with Gasteiger partial charge in [0, 0.05) is 3.57 Å². The van der Waals surface area contributed by atoms with Crippen molar-refractivity contribution in [3.05, 3.63) is 27.6 Å². The molecule has 0 aliphatic carbocycles. The van der Waals surface area contributed by atoms with Gasteiger partial charge in [0.05, 0.1) is 0 Å². The molecule has 0 atom stereocenters.